The fraction of sp³-hybridized carbons (Fsp3) is 0.0588. The number of halogens is 1. The molecule has 0 saturated carbocycles. The number of carbonyl (C=O) groups is 2. The molecule has 0 saturated heterocycles. The zero-order valence-corrected chi connectivity index (χ0v) is 14.8. The van der Waals surface area contributed by atoms with Crippen LogP contribution in [0.3, 0.4) is 0 Å². The maximum atomic E-state index is 12.5. The van der Waals surface area contributed by atoms with Crippen LogP contribution in [0.15, 0.2) is 52.6 Å². The van der Waals surface area contributed by atoms with Crippen molar-refractivity contribution in [2.24, 2.45) is 0 Å². The summed E-state index contributed by atoms with van der Waals surface area (Å²) in [5.74, 6) is -1.73. The van der Waals surface area contributed by atoms with Gasteiger partial charge in [0, 0.05) is 22.7 Å². The third-order valence-corrected chi connectivity index (χ3v) is 4.72. The Labute approximate surface area is 156 Å². The van der Waals surface area contributed by atoms with Gasteiger partial charge < -0.3 is 5.11 Å². The van der Waals surface area contributed by atoms with Crippen LogP contribution in [0.1, 0.15) is 25.6 Å². The summed E-state index contributed by atoms with van der Waals surface area (Å²) >= 11 is 7.08. The highest BCUT2D eigenvalue weighted by molar-refractivity contribution is 7.12. The number of carboxylic acid groups (broad SMARTS) is 1. The number of nitrogens with zero attached hydrogens (tertiary/aromatic N) is 2. The summed E-state index contributed by atoms with van der Waals surface area (Å²) < 4.78 is 0.917. The van der Waals surface area contributed by atoms with Crippen LogP contribution >= 0.6 is 23.1 Å². The van der Waals surface area contributed by atoms with Crippen molar-refractivity contribution in [3.8, 4) is 11.3 Å². The summed E-state index contributed by atoms with van der Waals surface area (Å²) in [5.41, 5.74) is 0.726. The van der Waals surface area contributed by atoms with E-state index in [-0.39, 0.29) is 22.7 Å². The molecule has 132 valence electrons. The third kappa shape index (κ3) is 3.81. The molecule has 3 aromatic rings. The smallest absolute Gasteiger partial charge is 0.345 e. The van der Waals surface area contributed by atoms with E-state index in [9.17, 15) is 14.4 Å². The minimum absolute atomic E-state index is 0.125. The van der Waals surface area contributed by atoms with Gasteiger partial charge in [0.2, 0.25) is 0 Å². The highest BCUT2D eigenvalue weighted by atomic mass is 35.5. The van der Waals surface area contributed by atoms with E-state index in [1.54, 1.807) is 5.38 Å². The summed E-state index contributed by atoms with van der Waals surface area (Å²) in [5, 5.41) is 16.7. The van der Waals surface area contributed by atoms with E-state index in [2.05, 4.69) is 10.2 Å². The Morgan fingerprint density at radius 1 is 1.23 bits per heavy atom. The molecule has 2 N–H and O–H groups in total. The number of hydrogen-bond acceptors (Lipinski definition) is 5. The van der Waals surface area contributed by atoms with Gasteiger partial charge in [-0.1, -0.05) is 30.3 Å². The molecule has 0 aliphatic rings. The lowest BCUT2D eigenvalue weighted by molar-refractivity contribution is 0.0701. The number of aromatic carboxylic acids is 1. The summed E-state index contributed by atoms with van der Waals surface area (Å²) in [6.45, 7) is 0.125. The molecule has 26 heavy (non-hydrogen) atoms. The first-order valence-corrected chi connectivity index (χ1v) is 8.61. The molecule has 0 fully saturated rings. The van der Waals surface area contributed by atoms with Crippen LogP contribution in [-0.2, 0) is 6.54 Å². The van der Waals surface area contributed by atoms with Gasteiger partial charge in [-0.15, -0.1) is 11.3 Å². The minimum atomic E-state index is -1.06. The first-order chi connectivity index (χ1) is 12.5. The van der Waals surface area contributed by atoms with Gasteiger partial charge in [0.1, 0.15) is 10.4 Å². The highest BCUT2D eigenvalue weighted by Crippen LogP contribution is 2.24. The molecule has 3 rings (SSSR count). The Bertz CT molecular complexity index is 1020. The van der Waals surface area contributed by atoms with E-state index in [4.69, 9.17) is 16.9 Å². The Hall–Kier alpha value is -2.97. The van der Waals surface area contributed by atoms with Gasteiger partial charge in [-0.05, 0) is 17.7 Å². The van der Waals surface area contributed by atoms with Gasteiger partial charge in [-0.25, -0.2) is 14.3 Å². The van der Waals surface area contributed by atoms with Crippen LogP contribution < -0.4 is 5.56 Å². The SMILES string of the molecule is O=C(O)c1cc(-c2cc(C(=O)N(Cl)Cc3ccccc3)c(=O)[nH]n2)cs1. The van der Waals surface area contributed by atoms with Crippen molar-refractivity contribution in [3.05, 3.63) is 74.2 Å². The van der Waals surface area contributed by atoms with Crippen LogP contribution in [0.2, 0.25) is 0 Å². The molecule has 9 heteroatoms. The van der Waals surface area contributed by atoms with Crippen molar-refractivity contribution < 1.29 is 14.7 Å². The molecule has 0 bridgehead atoms. The number of rotatable bonds is 5. The molecule has 7 nitrogen and oxygen atoms in total. The number of nitrogens with one attached hydrogen (secondary N) is 1. The van der Waals surface area contributed by atoms with Gasteiger partial charge >= 0.3 is 5.97 Å². The average Bonchev–Trinajstić information content (AvgIpc) is 3.13. The lowest BCUT2D eigenvalue weighted by atomic mass is 10.1. The number of carboxylic acids is 1. The van der Waals surface area contributed by atoms with E-state index < -0.39 is 17.4 Å². The van der Waals surface area contributed by atoms with Gasteiger partial charge in [-0.2, -0.15) is 5.10 Å². The molecule has 0 aliphatic carbocycles. The summed E-state index contributed by atoms with van der Waals surface area (Å²) in [6.07, 6.45) is 0. The van der Waals surface area contributed by atoms with E-state index in [1.807, 2.05) is 30.3 Å². The second kappa shape index (κ2) is 7.51. The van der Waals surface area contributed by atoms with E-state index in [0.29, 0.717) is 5.56 Å². The number of H-pyrrole nitrogens is 1. The molecule has 0 unspecified atom stereocenters. The quantitative estimate of drug-likeness (QED) is 0.653. The number of hydrogen-bond donors (Lipinski definition) is 2. The minimum Gasteiger partial charge on any atom is -0.477 e. The Morgan fingerprint density at radius 3 is 2.62 bits per heavy atom. The van der Waals surface area contributed by atoms with Crippen molar-refractivity contribution in [1.29, 1.82) is 0 Å². The van der Waals surface area contributed by atoms with Gasteiger partial charge in [-0.3, -0.25) is 9.59 Å². The molecule has 1 amide bonds. The van der Waals surface area contributed by atoms with Gasteiger partial charge in [0.05, 0.1) is 12.2 Å². The van der Waals surface area contributed by atoms with Crippen LogP contribution in [0, 0.1) is 0 Å². The zero-order chi connectivity index (χ0) is 18.7. The summed E-state index contributed by atoms with van der Waals surface area (Å²) in [7, 11) is 0. The van der Waals surface area contributed by atoms with Crippen molar-refractivity contribution in [2.75, 3.05) is 0 Å². The van der Waals surface area contributed by atoms with Crippen LogP contribution in [-0.4, -0.2) is 31.6 Å². The number of amides is 1. The summed E-state index contributed by atoms with van der Waals surface area (Å²) in [6, 6.07) is 11.8. The van der Waals surface area contributed by atoms with Crippen LogP contribution in [0.5, 0.6) is 0 Å². The predicted octanol–water partition coefficient (Wildman–Crippen LogP) is 2.99. The standard InChI is InChI=1S/C17H12ClN3O4S/c18-21(8-10-4-2-1-3-5-10)16(23)12-7-13(19-20-15(12)22)11-6-14(17(24)25)26-9-11/h1-7,9H,8H2,(H,20,22)(H,24,25). The maximum Gasteiger partial charge on any atom is 0.345 e. The monoisotopic (exact) mass is 389 g/mol. The number of carbonyl (C=O) groups excluding carboxylic acids is 1. The first kappa shape index (κ1) is 17.8. The fourth-order valence-electron chi connectivity index (χ4n) is 2.24. The molecule has 0 spiro atoms. The Balaban J connectivity index is 1.88. The van der Waals surface area contributed by atoms with Gasteiger partial charge in [0.25, 0.3) is 11.5 Å². The van der Waals surface area contributed by atoms with Crippen molar-refractivity contribution in [3.63, 3.8) is 0 Å². The Morgan fingerprint density at radius 2 is 1.96 bits per heavy atom. The number of benzene rings is 1. The lowest BCUT2D eigenvalue weighted by Crippen LogP contribution is -2.28. The highest BCUT2D eigenvalue weighted by Gasteiger charge is 2.20. The molecular weight excluding hydrogens is 378 g/mol. The van der Waals surface area contributed by atoms with E-state index in [0.717, 1.165) is 21.3 Å². The topological polar surface area (TPSA) is 103 Å². The lowest BCUT2D eigenvalue weighted by Gasteiger charge is -2.13. The van der Waals surface area contributed by atoms with Crippen molar-refractivity contribution in [2.45, 2.75) is 6.54 Å². The second-order valence-electron chi connectivity index (χ2n) is 5.31. The molecule has 0 aliphatic heterocycles. The van der Waals surface area contributed by atoms with Crippen molar-refractivity contribution >= 4 is 35.0 Å². The number of thiophene rings is 1. The maximum absolute atomic E-state index is 12.5. The molecule has 1 aromatic carbocycles. The largest absolute Gasteiger partial charge is 0.477 e. The van der Waals surface area contributed by atoms with Crippen LogP contribution in [0.4, 0.5) is 0 Å². The number of aromatic amines is 1. The van der Waals surface area contributed by atoms with E-state index >= 15 is 0 Å². The molecular formula is C17H12ClN3O4S. The summed E-state index contributed by atoms with van der Waals surface area (Å²) in [4.78, 5) is 35.6. The molecule has 2 heterocycles. The van der Waals surface area contributed by atoms with E-state index in [1.165, 1.54) is 12.1 Å². The zero-order valence-electron chi connectivity index (χ0n) is 13.2. The van der Waals surface area contributed by atoms with Crippen molar-refractivity contribution in [1.82, 2.24) is 14.6 Å². The fourth-order valence-corrected chi connectivity index (χ4v) is 3.21. The third-order valence-electron chi connectivity index (χ3n) is 3.52. The number of aromatic nitrogens is 2. The second-order valence-corrected chi connectivity index (χ2v) is 6.63. The molecule has 2 aromatic heterocycles. The normalized spacial score (nSPS) is 10.5. The Kier molecular flexibility index (Phi) is 5.15. The average molecular weight is 390 g/mol. The molecule has 0 radical (unpaired) electrons. The van der Waals surface area contributed by atoms with Gasteiger partial charge in [0.15, 0.2) is 0 Å². The van der Waals surface area contributed by atoms with Crippen LogP contribution in [0.25, 0.3) is 11.3 Å². The molecule has 0 atom stereocenters. The predicted molar refractivity (Wildman–Crippen MR) is 97.3 cm³/mol. The first-order valence-electron chi connectivity index (χ1n) is 7.39.